The first-order chi connectivity index (χ1) is 10.8. The molecule has 0 unspecified atom stereocenters. The average molecular weight is 429 g/mol. The van der Waals surface area contributed by atoms with Gasteiger partial charge < -0.3 is 15.2 Å². The summed E-state index contributed by atoms with van der Waals surface area (Å²) in [6, 6.07) is 8.24. The summed E-state index contributed by atoms with van der Waals surface area (Å²) in [5.74, 6) is 0.923. The number of fused-ring (bicyclic) bond motifs is 1. The van der Waals surface area contributed by atoms with Crippen molar-refractivity contribution in [3.05, 3.63) is 30.6 Å². The van der Waals surface area contributed by atoms with Gasteiger partial charge in [0.25, 0.3) is 0 Å². The molecule has 0 bridgehead atoms. The van der Waals surface area contributed by atoms with Gasteiger partial charge in [0.2, 0.25) is 0 Å². The Hall–Kier alpha value is -1.31. The number of aliphatic imine (C=N–C) groups is 1. The average Bonchev–Trinajstić information content (AvgIpc) is 2.95. The number of rotatable bonds is 8. The molecule has 1 heterocycles. The highest BCUT2D eigenvalue weighted by atomic mass is 127. The minimum absolute atomic E-state index is 0. The fraction of sp³-hybridized carbons (Fsp3) is 0.529. The molecule has 0 aliphatic rings. The van der Waals surface area contributed by atoms with Gasteiger partial charge in [-0.15, -0.1) is 24.0 Å². The van der Waals surface area contributed by atoms with E-state index in [1.807, 2.05) is 18.5 Å². The van der Waals surface area contributed by atoms with E-state index in [9.17, 15) is 0 Å². The maximum Gasteiger partial charge on any atom is 0.191 e. The molecular weight excluding hydrogens is 401 g/mol. The summed E-state index contributed by atoms with van der Waals surface area (Å²) < 4.78 is 2.20. The van der Waals surface area contributed by atoms with E-state index >= 15 is 0 Å². The Morgan fingerprint density at radius 2 is 2.00 bits per heavy atom. The smallest absolute Gasteiger partial charge is 0.191 e. The summed E-state index contributed by atoms with van der Waals surface area (Å²) in [7, 11) is 0. The molecule has 23 heavy (non-hydrogen) atoms. The predicted octanol–water partition coefficient (Wildman–Crippen LogP) is 3.40. The Kier molecular flexibility index (Phi) is 9.66. The topological polar surface area (TPSA) is 54.2 Å². The lowest BCUT2D eigenvalue weighted by atomic mass is 10.3. The number of halogens is 1. The van der Waals surface area contributed by atoms with Gasteiger partial charge in [0, 0.05) is 26.2 Å². The maximum atomic E-state index is 4.63. The molecule has 0 aliphatic heterocycles. The van der Waals surface area contributed by atoms with Gasteiger partial charge in [-0.1, -0.05) is 25.5 Å². The van der Waals surface area contributed by atoms with Crippen molar-refractivity contribution in [2.45, 2.75) is 39.7 Å². The van der Waals surface area contributed by atoms with E-state index in [-0.39, 0.29) is 24.0 Å². The zero-order valence-electron chi connectivity index (χ0n) is 14.1. The SMILES string of the molecule is CCCCNC(=NCCCn1cnc2ccccc21)NCC.I. The van der Waals surface area contributed by atoms with E-state index in [1.54, 1.807) is 0 Å². The number of aryl methyl sites for hydroxylation is 1. The molecule has 0 fully saturated rings. The number of unbranched alkanes of at least 4 members (excludes halogenated alkanes) is 1. The lowest BCUT2D eigenvalue weighted by Gasteiger charge is -2.10. The van der Waals surface area contributed by atoms with Crippen LogP contribution in [0.4, 0.5) is 0 Å². The fourth-order valence-electron chi connectivity index (χ4n) is 2.35. The van der Waals surface area contributed by atoms with Crippen LogP contribution in [0.1, 0.15) is 33.1 Å². The molecule has 0 aliphatic carbocycles. The molecule has 1 aromatic heterocycles. The second kappa shape index (κ2) is 11.3. The molecule has 2 aromatic rings. The monoisotopic (exact) mass is 429 g/mol. The number of nitrogens with one attached hydrogen (secondary N) is 2. The molecule has 2 rings (SSSR count). The first-order valence-electron chi connectivity index (χ1n) is 8.27. The number of para-hydroxylation sites is 2. The minimum Gasteiger partial charge on any atom is -0.357 e. The summed E-state index contributed by atoms with van der Waals surface area (Å²) >= 11 is 0. The van der Waals surface area contributed by atoms with Crippen molar-refractivity contribution < 1.29 is 0 Å². The normalized spacial score (nSPS) is 11.3. The van der Waals surface area contributed by atoms with Crippen molar-refractivity contribution in [2.75, 3.05) is 19.6 Å². The van der Waals surface area contributed by atoms with Crippen LogP contribution in [0, 0.1) is 0 Å². The zero-order chi connectivity index (χ0) is 15.6. The fourth-order valence-corrected chi connectivity index (χ4v) is 2.35. The third kappa shape index (κ3) is 6.37. The van der Waals surface area contributed by atoms with Crippen LogP contribution in [0.2, 0.25) is 0 Å². The molecule has 6 heteroatoms. The van der Waals surface area contributed by atoms with Crippen LogP contribution in [0.5, 0.6) is 0 Å². The number of hydrogen-bond acceptors (Lipinski definition) is 2. The van der Waals surface area contributed by atoms with Gasteiger partial charge in [-0.3, -0.25) is 4.99 Å². The predicted molar refractivity (Wildman–Crippen MR) is 109 cm³/mol. The van der Waals surface area contributed by atoms with Gasteiger partial charge in [-0.25, -0.2) is 4.98 Å². The highest BCUT2D eigenvalue weighted by molar-refractivity contribution is 14.0. The Labute approximate surface area is 156 Å². The molecule has 0 atom stereocenters. The molecule has 128 valence electrons. The first-order valence-corrected chi connectivity index (χ1v) is 8.27. The quantitative estimate of drug-likeness (QED) is 0.293. The number of guanidine groups is 1. The van der Waals surface area contributed by atoms with Gasteiger partial charge in [0.05, 0.1) is 17.4 Å². The Balaban J connectivity index is 0.00000264. The van der Waals surface area contributed by atoms with Crippen molar-refractivity contribution in [1.82, 2.24) is 20.2 Å². The van der Waals surface area contributed by atoms with E-state index in [1.165, 1.54) is 18.4 Å². The van der Waals surface area contributed by atoms with Crippen molar-refractivity contribution in [2.24, 2.45) is 4.99 Å². The van der Waals surface area contributed by atoms with Crippen LogP contribution in [-0.2, 0) is 6.54 Å². The van der Waals surface area contributed by atoms with Crippen LogP contribution < -0.4 is 10.6 Å². The van der Waals surface area contributed by atoms with E-state index in [4.69, 9.17) is 0 Å². The molecule has 1 aromatic carbocycles. The van der Waals surface area contributed by atoms with E-state index in [2.05, 4.69) is 51.2 Å². The highest BCUT2D eigenvalue weighted by Crippen LogP contribution is 2.11. The molecule has 0 saturated heterocycles. The van der Waals surface area contributed by atoms with Crippen LogP contribution in [0.15, 0.2) is 35.6 Å². The Morgan fingerprint density at radius 1 is 1.17 bits per heavy atom. The molecule has 0 saturated carbocycles. The summed E-state index contributed by atoms with van der Waals surface area (Å²) in [5.41, 5.74) is 2.25. The Morgan fingerprint density at radius 3 is 2.78 bits per heavy atom. The zero-order valence-corrected chi connectivity index (χ0v) is 16.4. The third-order valence-electron chi connectivity index (χ3n) is 3.52. The van der Waals surface area contributed by atoms with Gasteiger partial charge >= 0.3 is 0 Å². The van der Waals surface area contributed by atoms with Crippen molar-refractivity contribution in [1.29, 1.82) is 0 Å². The number of hydrogen-bond donors (Lipinski definition) is 2. The maximum absolute atomic E-state index is 4.63. The van der Waals surface area contributed by atoms with Gasteiger partial charge in [-0.2, -0.15) is 0 Å². The van der Waals surface area contributed by atoms with Crippen molar-refractivity contribution in [3.63, 3.8) is 0 Å². The molecule has 0 spiro atoms. The number of aromatic nitrogens is 2. The van der Waals surface area contributed by atoms with Gasteiger partial charge in [0.1, 0.15) is 0 Å². The number of imidazole rings is 1. The Bertz CT molecular complexity index is 593. The summed E-state index contributed by atoms with van der Waals surface area (Å²) in [6.45, 7) is 7.92. The molecule has 5 nitrogen and oxygen atoms in total. The second-order valence-corrected chi connectivity index (χ2v) is 5.32. The third-order valence-corrected chi connectivity index (χ3v) is 3.52. The highest BCUT2D eigenvalue weighted by Gasteiger charge is 2.01. The second-order valence-electron chi connectivity index (χ2n) is 5.32. The lowest BCUT2D eigenvalue weighted by molar-refractivity contribution is 0.660. The summed E-state index contributed by atoms with van der Waals surface area (Å²) in [4.78, 5) is 9.04. The molecular formula is C17H28IN5. The van der Waals surface area contributed by atoms with Crippen LogP contribution in [0.3, 0.4) is 0 Å². The van der Waals surface area contributed by atoms with Crippen LogP contribution in [-0.4, -0.2) is 35.1 Å². The lowest BCUT2D eigenvalue weighted by Crippen LogP contribution is -2.37. The van der Waals surface area contributed by atoms with Crippen molar-refractivity contribution >= 4 is 41.0 Å². The van der Waals surface area contributed by atoms with Crippen LogP contribution in [0.25, 0.3) is 11.0 Å². The number of nitrogens with zero attached hydrogens (tertiary/aromatic N) is 3. The first kappa shape index (κ1) is 19.7. The summed E-state index contributed by atoms with van der Waals surface area (Å²) in [5, 5.41) is 6.65. The van der Waals surface area contributed by atoms with Gasteiger partial charge in [0.15, 0.2) is 5.96 Å². The van der Waals surface area contributed by atoms with E-state index in [0.717, 1.165) is 44.1 Å². The van der Waals surface area contributed by atoms with Gasteiger partial charge in [-0.05, 0) is 31.9 Å². The number of benzene rings is 1. The van der Waals surface area contributed by atoms with Crippen molar-refractivity contribution in [3.8, 4) is 0 Å². The largest absolute Gasteiger partial charge is 0.357 e. The van der Waals surface area contributed by atoms with E-state index < -0.39 is 0 Å². The summed E-state index contributed by atoms with van der Waals surface area (Å²) in [6.07, 6.45) is 5.29. The molecule has 0 radical (unpaired) electrons. The van der Waals surface area contributed by atoms with E-state index in [0.29, 0.717) is 0 Å². The minimum atomic E-state index is 0. The standard InChI is InChI=1S/C17H27N5.HI/c1-3-5-11-19-17(18-4-2)20-12-8-13-22-14-21-15-9-6-7-10-16(15)22;/h6-7,9-10,14H,3-5,8,11-13H2,1-2H3,(H2,18,19,20);1H. The molecule has 0 amide bonds. The van der Waals surface area contributed by atoms with Crippen LogP contribution >= 0.6 is 24.0 Å². The molecule has 2 N–H and O–H groups in total.